The summed E-state index contributed by atoms with van der Waals surface area (Å²) < 4.78 is 1.94. The third-order valence-corrected chi connectivity index (χ3v) is 1.64. The largest absolute Gasteiger partial charge is 0.342 e. The van der Waals surface area contributed by atoms with Gasteiger partial charge in [-0.3, -0.25) is 9.67 Å². The van der Waals surface area contributed by atoms with Crippen molar-refractivity contribution in [2.45, 2.75) is 26.3 Å². The summed E-state index contributed by atoms with van der Waals surface area (Å²) in [5.41, 5.74) is -0.451. The molecule has 0 aliphatic carbocycles. The molecule has 5 heteroatoms. The average molecular weight is 173 g/mol. The molecule has 62 valence electrons. The number of hydrogen-bond acceptors (Lipinski definition) is 2. The number of aromatic nitrogens is 3. The van der Waals surface area contributed by atoms with Crippen LogP contribution in [0.15, 0.2) is 4.79 Å². The molecule has 0 radical (unpaired) electrons. The van der Waals surface area contributed by atoms with Crippen molar-refractivity contribution in [1.29, 1.82) is 0 Å². The van der Waals surface area contributed by atoms with E-state index in [1.54, 1.807) is 0 Å². The molecule has 0 bridgehead atoms. The SMILES string of the molecule is CC(C)(C)n1c(=O)[nH][nH]c1=S. The van der Waals surface area contributed by atoms with Gasteiger partial charge in [-0.1, -0.05) is 0 Å². The third kappa shape index (κ3) is 1.42. The Labute approximate surface area is 69.2 Å². The molecule has 0 aliphatic rings. The minimum Gasteiger partial charge on any atom is -0.272 e. The topological polar surface area (TPSA) is 53.6 Å². The first-order valence-electron chi connectivity index (χ1n) is 3.33. The first-order valence-corrected chi connectivity index (χ1v) is 3.74. The molecule has 0 spiro atoms. The fraction of sp³-hybridized carbons (Fsp3) is 0.667. The molecular formula is C6H11N3OS. The van der Waals surface area contributed by atoms with Gasteiger partial charge in [-0.15, -0.1) is 0 Å². The third-order valence-electron chi connectivity index (χ3n) is 1.35. The molecule has 1 rings (SSSR count). The zero-order valence-corrected chi connectivity index (χ0v) is 7.58. The van der Waals surface area contributed by atoms with Gasteiger partial charge in [0.1, 0.15) is 0 Å². The van der Waals surface area contributed by atoms with E-state index in [2.05, 4.69) is 10.2 Å². The molecule has 0 saturated heterocycles. The maximum atomic E-state index is 11.1. The molecule has 0 unspecified atom stereocenters. The molecule has 1 aromatic heterocycles. The lowest BCUT2D eigenvalue weighted by Crippen LogP contribution is -2.31. The number of nitrogens with zero attached hydrogens (tertiary/aromatic N) is 1. The van der Waals surface area contributed by atoms with Crippen molar-refractivity contribution in [1.82, 2.24) is 14.8 Å². The molecule has 11 heavy (non-hydrogen) atoms. The van der Waals surface area contributed by atoms with Crippen LogP contribution in [0.4, 0.5) is 0 Å². The van der Waals surface area contributed by atoms with E-state index < -0.39 is 0 Å². The molecule has 0 amide bonds. The highest BCUT2D eigenvalue weighted by Crippen LogP contribution is 2.09. The van der Waals surface area contributed by atoms with Crippen molar-refractivity contribution < 1.29 is 0 Å². The van der Waals surface area contributed by atoms with E-state index in [4.69, 9.17) is 12.2 Å². The number of rotatable bonds is 0. The van der Waals surface area contributed by atoms with Crippen LogP contribution in [0.1, 0.15) is 20.8 Å². The molecule has 0 atom stereocenters. The molecule has 0 aliphatic heterocycles. The first-order chi connectivity index (χ1) is 4.93. The molecule has 4 nitrogen and oxygen atoms in total. The lowest BCUT2D eigenvalue weighted by Gasteiger charge is -2.17. The minimum absolute atomic E-state index is 0.192. The monoisotopic (exact) mass is 173 g/mol. The predicted molar refractivity (Wildman–Crippen MR) is 45.2 cm³/mol. The number of aromatic amines is 2. The van der Waals surface area contributed by atoms with Gasteiger partial charge in [0.05, 0.1) is 0 Å². The predicted octanol–water partition coefficient (Wildman–Crippen LogP) is 0.989. The number of hydrogen-bond donors (Lipinski definition) is 2. The van der Waals surface area contributed by atoms with Crippen molar-refractivity contribution in [3.05, 3.63) is 15.3 Å². The zero-order valence-electron chi connectivity index (χ0n) is 6.76. The zero-order chi connectivity index (χ0) is 8.65. The van der Waals surface area contributed by atoms with E-state index in [-0.39, 0.29) is 11.2 Å². The first kappa shape index (κ1) is 8.26. The van der Waals surface area contributed by atoms with Gasteiger partial charge in [0.25, 0.3) is 0 Å². The summed E-state index contributed by atoms with van der Waals surface area (Å²) in [6.45, 7) is 5.77. The molecule has 1 heterocycles. The van der Waals surface area contributed by atoms with Gasteiger partial charge in [-0.25, -0.2) is 9.89 Å². The normalized spacial score (nSPS) is 11.9. The Morgan fingerprint density at radius 3 is 2.09 bits per heavy atom. The molecule has 2 N–H and O–H groups in total. The van der Waals surface area contributed by atoms with Gasteiger partial charge in [0.15, 0.2) is 4.77 Å². The van der Waals surface area contributed by atoms with Gasteiger partial charge in [-0.05, 0) is 33.0 Å². The molecule has 0 fully saturated rings. The van der Waals surface area contributed by atoms with Crippen LogP contribution in [0.5, 0.6) is 0 Å². The van der Waals surface area contributed by atoms with Crippen LogP contribution in [0.2, 0.25) is 0 Å². The van der Waals surface area contributed by atoms with E-state index in [0.29, 0.717) is 4.77 Å². The van der Waals surface area contributed by atoms with Crippen molar-refractivity contribution in [3.63, 3.8) is 0 Å². The maximum absolute atomic E-state index is 11.1. The highest BCUT2D eigenvalue weighted by molar-refractivity contribution is 7.71. The summed E-state index contributed by atoms with van der Waals surface area (Å²) in [7, 11) is 0. The summed E-state index contributed by atoms with van der Waals surface area (Å²) in [5.74, 6) is 0. The minimum atomic E-state index is -0.259. The van der Waals surface area contributed by atoms with Crippen LogP contribution in [0.3, 0.4) is 0 Å². The van der Waals surface area contributed by atoms with E-state index in [1.807, 2.05) is 20.8 Å². The Balaban J connectivity index is 3.45. The summed E-state index contributed by atoms with van der Waals surface area (Å²) >= 11 is 4.90. The second-order valence-electron chi connectivity index (χ2n) is 3.37. The van der Waals surface area contributed by atoms with Crippen LogP contribution < -0.4 is 5.69 Å². The van der Waals surface area contributed by atoms with E-state index >= 15 is 0 Å². The summed E-state index contributed by atoms with van der Waals surface area (Å²) in [6.07, 6.45) is 0. The van der Waals surface area contributed by atoms with Gasteiger partial charge >= 0.3 is 5.69 Å². The van der Waals surface area contributed by atoms with E-state index in [0.717, 1.165) is 0 Å². The summed E-state index contributed by atoms with van der Waals surface area (Å²) in [4.78, 5) is 11.1. The summed E-state index contributed by atoms with van der Waals surface area (Å²) in [5, 5.41) is 5.01. The van der Waals surface area contributed by atoms with Crippen LogP contribution >= 0.6 is 12.2 Å². The van der Waals surface area contributed by atoms with Crippen LogP contribution in [-0.4, -0.2) is 14.8 Å². The van der Waals surface area contributed by atoms with E-state index in [9.17, 15) is 4.79 Å². The van der Waals surface area contributed by atoms with Crippen molar-refractivity contribution >= 4 is 12.2 Å². The van der Waals surface area contributed by atoms with Crippen LogP contribution in [0.25, 0.3) is 0 Å². The van der Waals surface area contributed by atoms with Crippen molar-refractivity contribution in [2.75, 3.05) is 0 Å². The Morgan fingerprint density at radius 1 is 1.36 bits per heavy atom. The second kappa shape index (κ2) is 2.34. The lowest BCUT2D eigenvalue weighted by atomic mass is 10.1. The highest BCUT2D eigenvalue weighted by Gasteiger charge is 2.16. The van der Waals surface area contributed by atoms with Gasteiger partial charge in [-0.2, -0.15) is 0 Å². The number of nitrogens with one attached hydrogen (secondary N) is 2. The maximum Gasteiger partial charge on any atom is 0.342 e. The van der Waals surface area contributed by atoms with Crippen molar-refractivity contribution in [2.24, 2.45) is 0 Å². The van der Waals surface area contributed by atoms with Crippen LogP contribution in [-0.2, 0) is 5.54 Å². The molecule has 0 aromatic carbocycles. The Morgan fingerprint density at radius 2 is 1.91 bits per heavy atom. The van der Waals surface area contributed by atoms with Gasteiger partial charge < -0.3 is 0 Å². The Bertz CT molecular complexity index is 323. The standard InChI is InChI=1S/C6H11N3OS/c1-6(2,3)9-4(10)7-8-5(9)11/h1-3H3,(H,7,10)(H,8,11). The lowest BCUT2D eigenvalue weighted by molar-refractivity contribution is 0.380. The smallest absolute Gasteiger partial charge is 0.272 e. The quantitative estimate of drug-likeness (QED) is 0.575. The van der Waals surface area contributed by atoms with Gasteiger partial charge in [0.2, 0.25) is 0 Å². The van der Waals surface area contributed by atoms with Gasteiger partial charge in [0, 0.05) is 5.54 Å². The molecule has 0 saturated carbocycles. The highest BCUT2D eigenvalue weighted by atomic mass is 32.1. The Hall–Kier alpha value is -0.840. The number of H-pyrrole nitrogens is 2. The molecular weight excluding hydrogens is 162 g/mol. The van der Waals surface area contributed by atoms with Crippen LogP contribution in [0, 0.1) is 4.77 Å². The fourth-order valence-corrected chi connectivity index (χ4v) is 1.33. The summed E-state index contributed by atoms with van der Waals surface area (Å²) in [6, 6.07) is 0. The van der Waals surface area contributed by atoms with Crippen molar-refractivity contribution in [3.8, 4) is 0 Å². The second-order valence-corrected chi connectivity index (χ2v) is 3.75. The average Bonchev–Trinajstić information content (AvgIpc) is 2.08. The fourth-order valence-electron chi connectivity index (χ4n) is 0.920. The van der Waals surface area contributed by atoms with E-state index in [1.165, 1.54) is 4.57 Å². The molecule has 1 aromatic rings. The Kier molecular flexibility index (Phi) is 1.75.